The number of amides is 2. The Bertz CT molecular complexity index is 1070. The standard InChI is InChI=1S/C22H29F3N4O3/c1-21(2,3)17(18(26)30)27-19(31)29-15-10-9-14(22(23,24)25)11-16(15)28(20(29)32)12-13-7-5-4-6-8-13/h9-11,13,17H,4-8,12H2,1-3H3,(H2,26,30)(H,27,31)/t17-/m1/s1. The molecule has 0 spiro atoms. The Morgan fingerprint density at radius 2 is 1.75 bits per heavy atom. The van der Waals surface area contributed by atoms with Crippen molar-refractivity contribution in [1.82, 2.24) is 14.5 Å². The zero-order valence-electron chi connectivity index (χ0n) is 18.5. The molecule has 0 bridgehead atoms. The minimum atomic E-state index is -4.59. The average molecular weight is 454 g/mol. The lowest BCUT2D eigenvalue weighted by Gasteiger charge is -2.28. The molecular formula is C22H29F3N4O3. The maximum absolute atomic E-state index is 13.3. The summed E-state index contributed by atoms with van der Waals surface area (Å²) in [6, 6.07) is 0.881. The number of nitrogens with two attached hydrogens (primary N) is 1. The number of alkyl halides is 3. The highest BCUT2D eigenvalue weighted by Crippen LogP contribution is 2.32. The van der Waals surface area contributed by atoms with Gasteiger partial charge < -0.3 is 11.1 Å². The summed E-state index contributed by atoms with van der Waals surface area (Å²) >= 11 is 0. The molecule has 1 aromatic carbocycles. The number of benzene rings is 1. The number of carbonyl (C=O) groups is 2. The summed E-state index contributed by atoms with van der Waals surface area (Å²) in [5, 5.41) is 2.48. The molecule has 3 N–H and O–H groups in total. The molecule has 1 aromatic heterocycles. The quantitative estimate of drug-likeness (QED) is 0.734. The predicted octanol–water partition coefficient (Wildman–Crippen LogP) is 3.86. The molecule has 1 aliphatic carbocycles. The fourth-order valence-electron chi connectivity index (χ4n) is 4.33. The van der Waals surface area contributed by atoms with E-state index >= 15 is 0 Å². The highest BCUT2D eigenvalue weighted by atomic mass is 19.4. The number of imidazole rings is 1. The van der Waals surface area contributed by atoms with E-state index in [2.05, 4.69) is 5.32 Å². The van der Waals surface area contributed by atoms with Crippen LogP contribution in [0.5, 0.6) is 0 Å². The number of nitrogens with zero attached hydrogens (tertiary/aromatic N) is 2. The number of rotatable bonds is 4. The van der Waals surface area contributed by atoms with Crippen LogP contribution >= 0.6 is 0 Å². The lowest BCUT2D eigenvalue weighted by molar-refractivity contribution is -0.137. The molecule has 1 aliphatic rings. The van der Waals surface area contributed by atoms with E-state index in [1.807, 2.05) is 0 Å². The van der Waals surface area contributed by atoms with Crippen LogP contribution < -0.4 is 16.7 Å². The highest BCUT2D eigenvalue weighted by Gasteiger charge is 2.34. The summed E-state index contributed by atoms with van der Waals surface area (Å²) in [5.74, 6) is -0.629. The van der Waals surface area contributed by atoms with E-state index < -0.39 is 40.8 Å². The second-order valence-electron chi connectivity index (χ2n) is 9.58. The molecule has 1 saturated carbocycles. The Kier molecular flexibility index (Phi) is 6.44. The van der Waals surface area contributed by atoms with Gasteiger partial charge in [0.15, 0.2) is 0 Å². The van der Waals surface area contributed by atoms with Crippen molar-refractivity contribution in [3.05, 3.63) is 34.2 Å². The maximum atomic E-state index is 13.3. The number of fused-ring (bicyclic) bond motifs is 1. The second-order valence-corrected chi connectivity index (χ2v) is 9.58. The number of hydrogen-bond acceptors (Lipinski definition) is 3. The molecule has 10 heteroatoms. The largest absolute Gasteiger partial charge is 0.416 e. The maximum Gasteiger partial charge on any atom is 0.416 e. The van der Waals surface area contributed by atoms with Crippen LogP contribution in [0, 0.1) is 11.3 Å². The predicted molar refractivity (Wildman–Crippen MR) is 114 cm³/mol. The van der Waals surface area contributed by atoms with Crippen LogP contribution in [0.3, 0.4) is 0 Å². The molecule has 0 radical (unpaired) electrons. The summed E-state index contributed by atoms with van der Waals surface area (Å²) in [7, 11) is 0. The van der Waals surface area contributed by atoms with Gasteiger partial charge in [-0.1, -0.05) is 40.0 Å². The third kappa shape index (κ3) is 4.83. The zero-order chi connectivity index (χ0) is 23.8. The van der Waals surface area contributed by atoms with E-state index in [9.17, 15) is 27.6 Å². The van der Waals surface area contributed by atoms with Crippen molar-refractivity contribution in [2.24, 2.45) is 17.1 Å². The van der Waals surface area contributed by atoms with Crippen molar-refractivity contribution in [2.45, 2.75) is 71.6 Å². The molecule has 1 heterocycles. The van der Waals surface area contributed by atoms with Crippen molar-refractivity contribution >= 4 is 23.0 Å². The first kappa shape index (κ1) is 23.9. The van der Waals surface area contributed by atoms with Crippen LogP contribution in [0.1, 0.15) is 58.4 Å². The zero-order valence-corrected chi connectivity index (χ0v) is 18.5. The third-order valence-electron chi connectivity index (χ3n) is 6.04. The van der Waals surface area contributed by atoms with Gasteiger partial charge in [-0.2, -0.15) is 13.2 Å². The SMILES string of the molecule is CC(C)(C)[C@H](NC(=O)n1c(=O)n(CC2CCCCC2)c2cc(C(F)(F)F)ccc21)C(N)=O. The fourth-order valence-corrected chi connectivity index (χ4v) is 4.33. The van der Waals surface area contributed by atoms with Gasteiger partial charge in [0.1, 0.15) is 6.04 Å². The van der Waals surface area contributed by atoms with E-state index in [1.54, 1.807) is 20.8 Å². The van der Waals surface area contributed by atoms with Crippen LogP contribution in [0.15, 0.2) is 23.0 Å². The number of nitrogens with one attached hydrogen (secondary N) is 1. The molecule has 7 nitrogen and oxygen atoms in total. The Labute approximate surface area is 183 Å². The van der Waals surface area contributed by atoms with Gasteiger partial charge >= 0.3 is 17.9 Å². The van der Waals surface area contributed by atoms with Gasteiger partial charge in [0.25, 0.3) is 0 Å². The molecule has 32 heavy (non-hydrogen) atoms. The number of halogens is 3. The minimum Gasteiger partial charge on any atom is -0.368 e. The molecular weight excluding hydrogens is 425 g/mol. The van der Waals surface area contributed by atoms with Crippen molar-refractivity contribution in [3.8, 4) is 0 Å². The molecule has 0 unspecified atom stereocenters. The van der Waals surface area contributed by atoms with Crippen LogP contribution in [-0.4, -0.2) is 27.1 Å². The molecule has 0 aliphatic heterocycles. The summed E-state index contributed by atoms with van der Waals surface area (Å²) in [6.45, 7) is 5.34. The van der Waals surface area contributed by atoms with Gasteiger partial charge in [0.2, 0.25) is 5.91 Å². The number of aromatic nitrogens is 2. The summed E-state index contributed by atoms with van der Waals surface area (Å²) in [4.78, 5) is 38.1. The van der Waals surface area contributed by atoms with Crippen LogP contribution in [-0.2, 0) is 17.5 Å². The average Bonchev–Trinajstić information content (AvgIpc) is 2.96. The molecule has 3 rings (SSSR count). The normalized spacial score (nSPS) is 16.8. The van der Waals surface area contributed by atoms with Crippen molar-refractivity contribution in [1.29, 1.82) is 0 Å². The number of primary amides is 1. The van der Waals surface area contributed by atoms with Crippen molar-refractivity contribution in [2.75, 3.05) is 0 Å². The first-order chi connectivity index (χ1) is 14.8. The van der Waals surface area contributed by atoms with E-state index in [1.165, 1.54) is 4.57 Å². The van der Waals surface area contributed by atoms with Crippen LogP contribution in [0.2, 0.25) is 0 Å². The topological polar surface area (TPSA) is 99.1 Å². The third-order valence-corrected chi connectivity index (χ3v) is 6.04. The molecule has 2 amide bonds. The fraction of sp³-hybridized carbons (Fsp3) is 0.591. The van der Waals surface area contributed by atoms with Gasteiger partial charge in [0.05, 0.1) is 16.6 Å². The smallest absolute Gasteiger partial charge is 0.368 e. The van der Waals surface area contributed by atoms with Gasteiger partial charge in [0, 0.05) is 6.54 Å². The first-order valence-corrected chi connectivity index (χ1v) is 10.7. The second kappa shape index (κ2) is 8.63. The van der Waals surface area contributed by atoms with Gasteiger partial charge in [-0.25, -0.2) is 14.2 Å². The molecule has 1 fully saturated rings. The van der Waals surface area contributed by atoms with Gasteiger partial charge in [-0.05, 0) is 42.4 Å². The number of carbonyl (C=O) groups excluding carboxylic acids is 2. The molecule has 2 aromatic rings. The van der Waals surface area contributed by atoms with Crippen molar-refractivity contribution in [3.63, 3.8) is 0 Å². The monoisotopic (exact) mass is 454 g/mol. The summed E-state index contributed by atoms with van der Waals surface area (Å²) < 4.78 is 42.1. The van der Waals surface area contributed by atoms with E-state index in [4.69, 9.17) is 5.73 Å². The van der Waals surface area contributed by atoms with Crippen molar-refractivity contribution < 1.29 is 22.8 Å². The number of hydrogen-bond donors (Lipinski definition) is 2. The van der Waals surface area contributed by atoms with Gasteiger partial charge in [-0.15, -0.1) is 0 Å². The minimum absolute atomic E-state index is 0.0388. The van der Waals surface area contributed by atoms with Gasteiger partial charge in [-0.3, -0.25) is 9.36 Å². The van der Waals surface area contributed by atoms with E-state index in [0.717, 1.165) is 54.9 Å². The van der Waals surface area contributed by atoms with E-state index in [-0.39, 0.29) is 23.5 Å². The lowest BCUT2D eigenvalue weighted by atomic mass is 9.86. The first-order valence-electron chi connectivity index (χ1n) is 10.7. The Morgan fingerprint density at radius 1 is 1.12 bits per heavy atom. The Balaban J connectivity index is 2.11. The molecule has 1 atom stereocenters. The van der Waals surface area contributed by atoms with E-state index in [0.29, 0.717) is 0 Å². The Hall–Kier alpha value is -2.78. The van der Waals surface area contributed by atoms with Crippen LogP contribution in [0.4, 0.5) is 18.0 Å². The van der Waals surface area contributed by atoms with Crippen LogP contribution in [0.25, 0.3) is 11.0 Å². The molecule has 176 valence electrons. The molecule has 0 saturated heterocycles. The summed E-state index contributed by atoms with van der Waals surface area (Å²) in [5.41, 5.74) is 3.15. The summed E-state index contributed by atoms with van der Waals surface area (Å²) in [6.07, 6.45) is 0.245. The highest BCUT2D eigenvalue weighted by molar-refractivity contribution is 5.93. The Morgan fingerprint density at radius 3 is 2.28 bits per heavy atom. The lowest BCUT2D eigenvalue weighted by Crippen LogP contribution is -2.54.